The quantitative estimate of drug-likeness (QED) is 0.219. The SMILES string of the molecule is CC[C@H]1OC(=O)[C@H](C)[C@@H](C2C[C@@](C)(OC)[C@@H](O)[C@H](C)O2)[C@H](C)[C@@H](O[C@@H]2O[C@H](C)C[C@H](N(C)C)[C@H]2O)[C@](C)(O)C[C@@H](C)CN[C@H](C)[C@@H](O)[C@]1(C)O. The first-order valence-electron chi connectivity index (χ1n) is 18.6. The van der Waals surface area contributed by atoms with Gasteiger partial charge in [-0.3, -0.25) is 4.79 Å². The minimum atomic E-state index is -1.78. The number of esters is 1. The molecule has 3 aliphatic rings. The Morgan fingerprint density at radius 3 is 2.14 bits per heavy atom. The number of cyclic esters (lactones) is 1. The number of nitrogens with zero attached hydrogens (tertiary/aromatic N) is 1. The van der Waals surface area contributed by atoms with E-state index in [1.54, 1.807) is 34.6 Å². The standard InChI is InChI=1S/C37H70N2O11/c1-14-27-37(10,45)30(41)23(6)38-18-19(2)16-35(8,44)32(50-34-29(40)25(39(11)12)15-20(3)47-34)21(4)28(22(5)33(43)49-27)26-17-36(9,46-13)31(42)24(7)48-26/h19-32,34,38,40-42,44-45H,14-18H2,1-13H3/t19-,20-,21+,22-,23-,24+,25+,26?,27-,28+,29-,30-,31+,32-,34+,35-,36-,37-/m1/s1. The largest absolute Gasteiger partial charge is 0.459 e. The molecule has 3 aliphatic heterocycles. The Kier molecular flexibility index (Phi) is 14.8. The Morgan fingerprint density at radius 2 is 1.58 bits per heavy atom. The van der Waals surface area contributed by atoms with E-state index in [-0.39, 0.29) is 37.3 Å². The van der Waals surface area contributed by atoms with Crippen LogP contribution in [-0.2, 0) is 28.5 Å². The molecule has 3 rings (SSSR count). The monoisotopic (exact) mass is 718 g/mol. The summed E-state index contributed by atoms with van der Waals surface area (Å²) >= 11 is 0. The molecule has 294 valence electrons. The summed E-state index contributed by atoms with van der Waals surface area (Å²) in [4.78, 5) is 16.2. The smallest absolute Gasteiger partial charge is 0.309 e. The van der Waals surface area contributed by atoms with Crippen LogP contribution >= 0.6 is 0 Å². The number of likely N-dealkylation sites (N-methyl/N-ethyl adjacent to an activating group) is 1. The normalized spacial score (nSPS) is 50.7. The number of carbonyl (C=O) groups is 1. The Morgan fingerprint density at radius 1 is 0.960 bits per heavy atom. The average molecular weight is 719 g/mol. The number of methoxy groups -OCH3 is 1. The van der Waals surface area contributed by atoms with Crippen LogP contribution in [0, 0.1) is 23.7 Å². The summed E-state index contributed by atoms with van der Waals surface area (Å²) in [6, 6.07) is -0.825. The molecule has 0 amide bonds. The molecule has 0 aromatic heterocycles. The Balaban J connectivity index is 2.20. The van der Waals surface area contributed by atoms with Gasteiger partial charge in [0.15, 0.2) is 6.29 Å². The van der Waals surface area contributed by atoms with Crippen LogP contribution in [0.1, 0.15) is 94.9 Å². The Hall–Kier alpha value is -0.970. The van der Waals surface area contributed by atoms with Crippen molar-refractivity contribution >= 4 is 5.97 Å². The zero-order valence-electron chi connectivity index (χ0n) is 32.8. The van der Waals surface area contributed by atoms with Crippen LogP contribution in [0.15, 0.2) is 0 Å². The van der Waals surface area contributed by atoms with Crippen molar-refractivity contribution in [1.82, 2.24) is 10.2 Å². The maximum atomic E-state index is 14.3. The molecule has 50 heavy (non-hydrogen) atoms. The number of rotatable bonds is 6. The molecule has 6 N–H and O–H groups in total. The summed E-state index contributed by atoms with van der Waals surface area (Å²) in [5.41, 5.74) is -4.29. The van der Waals surface area contributed by atoms with Crippen molar-refractivity contribution in [2.24, 2.45) is 23.7 Å². The molecule has 0 aliphatic carbocycles. The van der Waals surface area contributed by atoms with Gasteiger partial charge in [-0.05, 0) is 93.3 Å². The molecule has 3 heterocycles. The van der Waals surface area contributed by atoms with Gasteiger partial charge >= 0.3 is 5.97 Å². The molecule has 18 atom stereocenters. The van der Waals surface area contributed by atoms with Gasteiger partial charge in [-0.2, -0.15) is 0 Å². The summed E-state index contributed by atoms with van der Waals surface area (Å²) in [5.74, 6) is -2.89. The lowest BCUT2D eigenvalue weighted by Gasteiger charge is -2.51. The van der Waals surface area contributed by atoms with Crippen LogP contribution in [0.2, 0.25) is 0 Å². The number of carbonyl (C=O) groups excluding carboxylic acids is 1. The highest BCUT2D eigenvalue weighted by Gasteiger charge is 2.54. The second-order valence-electron chi connectivity index (χ2n) is 16.8. The van der Waals surface area contributed by atoms with Crippen molar-refractivity contribution in [1.29, 1.82) is 0 Å². The third kappa shape index (κ3) is 9.39. The first-order chi connectivity index (χ1) is 23.0. The van der Waals surface area contributed by atoms with Crippen LogP contribution in [0.4, 0.5) is 0 Å². The van der Waals surface area contributed by atoms with Gasteiger partial charge in [-0.1, -0.05) is 27.7 Å². The van der Waals surface area contributed by atoms with E-state index in [2.05, 4.69) is 5.32 Å². The molecule has 0 aromatic rings. The molecule has 13 heteroatoms. The number of aliphatic hydroxyl groups excluding tert-OH is 3. The second-order valence-corrected chi connectivity index (χ2v) is 16.8. The third-order valence-corrected chi connectivity index (χ3v) is 12.1. The van der Waals surface area contributed by atoms with E-state index in [4.69, 9.17) is 23.7 Å². The lowest BCUT2D eigenvalue weighted by molar-refractivity contribution is -0.302. The molecule has 0 aromatic carbocycles. The van der Waals surface area contributed by atoms with Crippen molar-refractivity contribution < 1.29 is 54.0 Å². The van der Waals surface area contributed by atoms with Crippen LogP contribution in [0.25, 0.3) is 0 Å². The van der Waals surface area contributed by atoms with Crippen molar-refractivity contribution in [2.75, 3.05) is 27.7 Å². The van der Waals surface area contributed by atoms with Gasteiger partial charge in [0.1, 0.15) is 30.0 Å². The number of hydrogen-bond donors (Lipinski definition) is 6. The number of nitrogens with one attached hydrogen (secondary N) is 1. The molecule has 0 saturated carbocycles. The van der Waals surface area contributed by atoms with Gasteiger partial charge in [0.2, 0.25) is 0 Å². The third-order valence-electron chi connectivity index (χ3n) is 12.1. The van der Waals surface area contributed by atoms with Gasteiger partial charge in [0.25, 0.3) is 0 Å². The van der Waals surface area contributed by atoms with E-state index >= 15 is 0 Å². The van der Waals surface area contributed by atoms with Crippen molar-refractivity contribution in [3.05, 3.63) is 0 Å². The average Bonchev–Trinajstić information content (AvgIpc) is 3.03. The summed E-state index contributed by atoms with van der Waals surface area (Å²) in [6.07, 6.45) is -6.54. The van der Waals surface area contributed by atoms with Crippen LogP contribution in [0.3, 0.4) is 0 Å². The maximum Gasteiger partial charge on any atom is 0.309 e. The van der Waals surface area contributed by atoms with Crippen LogP contribution in [0.5, 0.6) is 0 Å². The van der Waals surface area contributed by atoms with Crippen LogP contribution in [-0.4, -0.2) is 148 Å². The van der Waals surface area contributed by atoms with Gasteiger partial charge in [-0.15, -0.1) is 0 Å². The highest BCUT2D eigenvalue weighted by Crippen LogP contribution is 2.44. The van der Waals surface area contributed by atoms with E-state index in [9.17, 15) is 30.3 Å². The Bertz CT molecular complexity index is 1090. The van der Waals surface area contributed by atoms with E-state index in [1.807, 2.05) is 46.7 Å². The minimum absolute atomic E-state index is 0.132. The number of hydrogen-bond acceptors (Lipinski definition) is 13. The molecule has 0 spiro atoms. The van der Waals surface area contributed by atoms with Crippen molar-refractivity contribution in [3.8, 4) is 0 Å². The highest BCUT2D eigenvalue weighted by atomic mass is 16.7. The molecular weight excluding hydrogens is 648 g/mol. The zero-order chi connectivity index (χ0) is 38.1. The van der Waals surface area contributed by atoms with Crippen molar-refractivity contribution in [2.45, 2.75) is 179 Å². The van der Waals surface area contributed by atoms with Crippen molar-refractivity contribution in [3.63, 3.8) is 0 Å². The van der Waals surface area contributed by atoms with Gasteiger partial charge in [0, 0.05) is 31.5 Å². The molecule has 3 fully saturated rings. The molecular formula is C37H70N2O11. The van der Waals surface area contributed by atoms with Gasteiger partial charge in [-0.25, -0.2) is 0 Å². The van der Waals surface area contributed by atoms with E-state index in [0.29, 0.717) is 13.0 Å². The molecule has 3 saturated heterocycles. The maximum absolute atomic E-state index is 14.3. The molecule has 13 nitrogen and oxygen atoms in total. The predicted molar refractivity (Wildman–Crippen MR) is 188 cm³/mol. The lowest BCUT2D eigenvalue weighted by Crippen LogP contribution is -2.61. The zero-order valence-corrected chi connectivity index (χ0v) is 32.8. The predicted octanol–water partition coefficient (Wildman–Crippen LogP) is 1.83. The fraction of sp³-hybridized carbons (Fsp3) is 0.973. The molecule has 1 unspecified atom stereocenters. The highest BCUT2D eigenvalue weighted by molar-refractivity contribution is 5.73. The number of aliphatic hydroxyl groups is 5. The number of ether oxygens (including phenoxy) is 5. The summed E-state index contributed by atoms with van der Waals surface area (Å²) in [5, 5.41) is 61.3. The minimum Gasteiger partial charge on any atom is -0.459 e. The topological polar surface area (TPSA) is 180 Å². The Labute approximate surface area is 300 Å². The van der Waals surface area contributed by atoms with E-state index in [1.165, 1.54) is 14.0 Å². The van der Waals surface area contributed by atoms with E-state index < -0.39 is 95.6 Å². The van der Waals surface area contributed by atoms with Crippen LogP contribution < -0.4 is 5.32 Å². The lowest BCUT2D eigenvalue weighted by atomic mass is 9.68. The van der Waals surface area contributed by atoms with Gasteiger partial charge in [0.05, 0.1) is 41.5 Å². The summed E-state index contributed by atoms with van der Waals surface area (Å²) in [7, 11) is 5.32. The fourth-order valence-electron chi connectivity index (χ4n) is 8.91. The summed E-state index contributed by atoms with van der Waals surface area (Å²) in [6.45, 7) is 18.2. The van der Waals surface area contributed by atoms with Gasteiger partial charge < -0.3 is 59.4 Å². The fourth-order valence-corrected chi connectivity index (χ4v) is 8.91. The first-order valence-corrected chi connectivity index (χ1v) is 18.6. The summed E-state index contributed by atoms with van der Waals surface area (Å²) < 4.78 is 31.4. The first kappa shape index (κ1) is 43.4. The molecule has 0 radical (unpaired) electrons. The van der Waals surface area contributed by atoms with E-state index in [0.717, 1.165) is 0 Å². The molecule has 0 bridgehead atoms. The second kappa shape index (κ2) is 17.0.